The first-order chi connectivity index (χ1) is 9.65. The van der Waals surface area contributed by atoms with Gasteiger partial charge in [-0.25, -0.2) is 0 Å². The molecule has 20 heavy (non-hydrogen) atoms. The number of rotatable bonds is 11. The zero-order valence-electron chi connectivity index (χ0n) is 13.6. The van der Waals surface area contributed by atoms with Gasteiger partial charge < -0.3 is 14.6 Å². The minimum atomic E-state index is 0.834. The molecule has 0 atom stereocenters. The highest BCUT2D eigenvalue weighted by molar-refractivity contribution is 5.07. The number of hydrogen-bond acceptors (Lipinski definition) is 4. The summed E-state index contributed by atoms with van der Waals surface area (Å²) in [6, 6.07) is 4.20. The maximum absolute atomic E-state index is 5.88. The Kier molecular flexibility index (Phi) is 8.58. The molecule has 0 bridgehead atoms. The van der Waals surface area contributed by atoms with Gasteiger partial charge in [-0.2, -0.15) is 0 Å². The van der Waals surface area contributed by atoms with Gasteiger partial charge in [0.2, 0.25) is 0 Å². The molecule has 1 aromatic heterocycles. The molecule has 0 saturated carbocycles. The Balaban J connectivity index is 2.33. The molecule has 0 radical (unpaired) electrons. The molecule has 1 heterocycles. The predicted octanol–water partition coefficient (Wildman–Crippen LogP) is 2.55. The lowest BCUT2D eigenvalue weighted by molar-refractivity contribution is 0.238. The Bertz CT molecular complexity index is 349. The van der Waals surface area contributed by atoms with Crippen LogP contribution in [0.3, 0.4) is 0 Å². The van der Waals surface area contributed by atoms with E-state index in [1.165, 1.54) is 6.42 Å². The predicted molar refractivity (Wildman–Crippen MR) is 84.8 cm³/mol. The minimum Gasteiger partial charge on any atom is -0.463 e. The highest BCUT2D eigenvalue weighted by Gasteiger charge is 2.07. The van der Waals surface area contributed by atoms with E-state index in [1.807, 2.05) is 0 Å². The van der Waals surface area contributed by atoms with Crippen LogP contribution in [-0.4, -0.2) is 50.1 Å². The lowest BCUT2D eigenvalue weighted by Crippen LogP contribution is -2.26. The van der Waals surface area contributed by atoms with Gasteiger partial charge >= 0.3 is 0 Å². The monoisotopic (exact) mass is 281 g/mol. The van der Waals surface area contributed by atoms with Crippen molar-refractivity contribution in [2.24, 2.45) is 0 Å². The molecule has 0 aliphatic heterocycles. The highest BCUT2D eigenvalue weighted by Crippen LogP contribution is 2.11. The van der Waals surface area contributed by atoms with Crippen molar-refractivity contribution in [1.82, 2.24) is 15.1 Å². The molecular formula is C16H31N3O. The van der Waals surface area contributed by atoms with Crippen LogP contribution < -0.4 is 5.32 Å². The van der Waals surface area contributed by atoms with Crippen LogP contribution in [-0.2, 0) is 13.1 Å². The van der Waals surface area contributed by atoms with Crippen LogP contribution in [0, 0.1) is 0 Å². The summed E-state index contributed by atoms with van der Waals surface area (Å²) in [6.07, 6.45) is 2.36. The van der Waals surface area contributed by atoms with Crippen molar-refractivity contribution >= 4 is 0 Å². The summed E-state index contributed by atoms with van der Waals surface area (Å²) in [5.74, 6) is 2.11. The van der Waals surface area contributed by atoms with Crippen LogP contribution in [0.4, 0.5) is 0 Å². The fourth-order valence-corrected chi connectivity index (χ4v) is 2.17. The maximum Gasteiger partial charge on any atom is 0.118 e. The fraction of sp³-hybridized carbons (Fsp3) is 0.750. The summed E-state index contributed by atoms with van der Waals surface area (Å²) in [6.45, 7) is 10.5. The topological polar surface area (TPSA) is 31.6 Å². The summed E-state index contributed by atoms with van der Waals surface area (Å²) in [5, 5.41) is 3.37. The molecule has 4 nitrogen and oxygen atoms in total. The molecule has 0 amide bonds. The summed E-state index contributed by atoms with van der Waals surface area (Å²) >= 11 is 0. The second-order valence-electron chi connectivity index (χ2n) is 5.57. The van der Waals surface area contributed by atoms with Gasteiger partial charge in [-0.05, 0) is 65.2 Å². The molecular weight excluding hydrogens is 250 g/mol. The van der Waals surface area contributed by atoms with Crippen LogP contribution >= 0.6 is 0 Å². The van der Waals surface area contributed by atoms with E-state index in [0.29, 0.717) is 0 Å². The molecule has 1 aromatic rings. The maximum atomic E-state index is 5.88. The van der Waals surface area contributed by atoms with Crippen LogP contribution in [0.25, 0.3) is 0 Å². The van der Waals surface area contributed by atoms with Crippen molar-refractivity contribution in [1.29, 1.82) is 0 Å². The van der Waals surface area contributed by atoms with Crippen molar-refractivity contribution in [3.63, 3.8) is 0 Å². The number of nitrogens with zero attached hydrogens (tertiary/aromatic N) is 2. The normalized spacial score (nSPS) is 11.7. The fourth-order valence-electron chi connectivity index (χ4n) is 2.17. The van der Waals surface area contributed by atoms with Crippen LogP contribution in [0.2, 0.25) is 0 Å². The van der Waals surface area contributed by atoms with E-state index in [1.54, 1.807) is 0 Å². The first kappa shape index (κ1) is 17.2. The molecule has 0 aromatic carbocycles. The van der Waals surface area contributed by atoms with Gasteiger partial charge in [-0.1, -0.05) is 13.8 Å². The number of nitrogens with one attached hydrogen (secondary N) is 1. The molecule has 0 spiro atoms. The van der Waals surface area contributed by atoms with Gasteiger partial charge in [-0.3, -0.25) is 4.90 Å². The smallest absolute Gasteiger partial charge is 0.118 e. The largest absolute Gasteiger partial charge is 0.463 e. The summed E-state index contributed by atoms with van der Waals surface area (Å²) in [7, 11) is 4.25. The summed E-state index contributed by atoms with van der Waals surface area (Å²) in [5.41, 5.74) is 0. The van der Waals surface area contributed by atoms with E-state index in [2.05, 4.69) is 55.2 Å². The average molecular weight is 281 g/mol. The van der Waals surface area contributed by atoms with Crippen molar-refractivity contribution in [2.75, 3.05) is 40.3 Å². The Morgan fingerprint density at radius 1 is 1.10 bits per heavy atom. The third-order valence-corrected chi connectivity index (χ3v) is 3.35. The van der Waals surface area contributed by atoms with Gasteiger partial charge in [-0.15, -0.1) is 0 Å². The Morgan fingerprint density at radius 2 is 1.85 bits per heavy atom. The SMILES string of the molecule is CCCNCc1ccc(CN(CC)CCCN(C)C)o1. The Labute approximate surface area is 124 Å². The minimum absolute atomic E-state index is 0.834. The third-order valence-electron chi connectivity index (χ3n) is 3.35. The van der Waals surface area contributed by atoms with E-state index in [9.17, 15) is 0 Å². The summed E-state index contributed by atoms with van der Waals surface area (Å²) < 4.78 is 5.88. The molecule has 1 rings (SSSR count). The first-order valence-electron chi connectivity index (χ1n) is 7.81. The van der Waals surface area contributed by atoms with Crippen molar-refractivity contribution < 1.29 is 4.42 Å². The Hall–Kier alpha value is -0.840. The zero-order valence-corrected chi connectivity index (χ0v) is 13.6. The van der Waals surface area contributed by atoms with E-state index in [0.717, 1.165) is 57.2 Å². The molecule has 0 aliphatic rings. The Morgan fingerprint density at radius 3 is 2.50 bits per heavy atom. The van der Waals surface area contributed by atoms with Crippen LogP contribution in [0.15, 0.2) is 16.5 Å². The molecule has 0 unspecified atom stereocenters. The van der Waals surface area contributed by atoms with E-state index in [4.69, 9.17) is 4.42 Å². The van der Waals surface area contributed by atoms with Gasteiger partial charge in [0.25, 0.3) is 0 Å². The van der Waals surface area contributed by atoms with E-state index >= 15 is 0 Å². The van der Waals surface area contributed by atoms with E-state index < -0.39 is 0 Å². The second kappa shape index (κ2) is 9.97. The zero-order chi connectivity index (χ0) is 14.8. The van der Waals surface area contributed by atoms with Crippen molar-refractivity contribution in [3.05, 3.63) is 23.7 Å². The molecule has 0 aliphatic carbocycles. The van der Waals surface area contributed by atoms with Gasteiger partial charge in [0.05, 0.1) is 13.1 Å². The van der Waals surface area contributed by atoms with Crippen LogP contribution in [0.1, 0.15) is 38.2 Å². The molecule has 116 valence electrons. The van der Waals surface area contributed by atoms with Gasteiger partial charge in [0.1, 0.15) is 11.5 Å². The summed E-state index contributed by atoms with van der Waals surface area (Å²) in [4.78, 5) is 4.67. The lowest BCUT2D eigenvalue weighted by atomic mass is 10.3. The number of furan rings is 1. The van der Waals surface area contributed by atoms with Crippen LogP contribution in [0.5, 0.6) is 0 Å². The first-order valence-corrected chi connectivity index (χ1v) is 7.81. The molecule has 4 heteroatoms. The molecule has 0 fully saturated rings. The van der Waals surface area contributed by atoms with Crippen molar-refractivity contribution in [3.8, 4) is 0 Å². The number of hydrogen-bond donors (Lipinski definition) is 1. The molecule has 0 saturated heterocycles. The molecule has 1 N–H and O–H groups in total. The quantitative estimate of drug-likeness (QED) is 0.632. The van der Waals surface area contributed by atoms with Crippen molar-refractivity contribution in [2.45, 2.75) is 39.8 Å². The average Bonchev–Trinajstić information content (AvgIpc) is 2.85. The lowest BCUT2D eigenvalue weighted by Gasteiger charge is -2.20. The van der Waals surface area contributed by atoms with Gasteiger partial charge in [0, 0.05) is 0 Å². The van der Waals surface area contributed by atoms with E-state index in [-0.39, 0.29) is 0 Å². The third kappa shape index (κ3) is 7.08. The second-order valence-corrected chi connectivity index (χ2v) is 5.57. The standard InChI is InChI=1S/C16H31N3O/c1-5-10-17-13-15-8-9-16(20-15)14-19(6-2)12-7-11-18(3)4/h8-9,17H,5-7,10-14H2,1-4H3. The van der Waals surface area contributed by atoms with Gasteiger partial charge in [0.15, 0.2) is 0 Å². The highest BCUT2D eigenvalue weighted by atomic mass is 16.3.